The van der Waals surface area contributed by atoms with Gasteiger partial charge in [0, 0.05) is 18.8 Å². The Bertz CT molecular complexity index is 1550. The lowest BCUT2D eigenvalue weighted by atomic mass is 9.96. The molecule has 0 fully saturated rings. The van der Waals surface area contributed by atoms with Crippen LogP contribution in [0.25, 0.3) is 5.65 Å². The number of nitrogens with zero attached hydrogens (tertiary/aromatic N) is 2. The third kappa shape index (κ3) is 7.52. The zero-order chi connectivity index (χ0) is 30.3. The molecule has 2 aromatic heterocycles. The molecule has 42 heavy (non-hydrogen) atoms. The number of hydrogen-bond acceptors (Lipinski definition) is 5. The predicted molar refractivity (Wildman–Crippen MR) is 151 cm³/mol. The first kappa shape index (κ1) is 30.7. The Morgan fingerprint density at radius 2 is 1.79 bits per heavy atom. The van der Waals surface area contributed by atoms with Crippen molar-refractivity contribution < 1.29 is 32.2 Å². The summed E-state index contributed by atoms with van der Waals surface area (Å²) >= 11 is 6.29. The van der Waals surface area contributed by atoms with Gasteiger partial charge in [0.05, 0.1) is 28.5 Å². The molecule has 4 aromatic rings. The molecule has 4 rings (SSSR count). The molecule has 0 saturated heterocycles. The second-order valence-corrected chi connectivity index (χ2v) is 10.4. The zero-order valence-corrected chi connectivity index (χ0v) is 23.8. The Kier molecular flexibility index (Phi) is 9.95. The molecule has 0 aliphatic heterocycles. The Morgan fingerprint density at radius 3 is 2.48 bits per heavy atom. The number of hydrogen-bond donors (Lipinski definition) is 2. The molecule has 0 radical (unpaired) electrons. The van der Waals surface area contributed by atoms with Crippen LogP contribution in [0.5, 0.6) is 5.75 Å². The van der Waals surface area contributed by atoms with Crippen molar-refractivity contribution in [3.05, 3.63) is 100.0 Å². The van der Waals surface area contributed by atoms with Crippen LogP contribution in [0, 0.1) is 18.6 Å². The Hall–Kier alpha value is -4.25. The standard InChI is InChI=1S/C30H30ClF3N4O4/c1-19-26(38-15-21(31)14-25(27(38)36-19)41-17-22-23(33)10-6-11-24(22)34)28(39)35-18-30(2,12-7-13-32)37-29(40)42-16-20-8-4-3-5-9-20/h3-6,8-11,14-15H,7,12-13,16-18H2,1-2H3,(H,35,39)(H,37,40). The normalized spacial score (nSPS) is 12.5. The highest BCUT2D eigenvalue weighted by Crippen LogP contribution is 2.28. The number of imidazole rings is 1. The van der Waals surface area contributed by atoms with Crippen molar-refractivity contribution in [1.29, 1.82) is 0 Å². The molecule has 222 valence electrons. The van der Waals surface area contributed by atoms with E-state index in [2.05, 4.69) is 15.6 Å². The first-order valence-electron chi connectivity index (χ1n) is 13.2. The van der Waals surface area contributed by atoms with Crippen LogP contribution in [0.3, 0.4) is 0 Å². The van der Waals surface area contributed by atoms with E-state index in [1.54, 1.807) is 13.8 Å². The van der Waals surface area contributed by atoms with E-state index >= 15 is 0 Å². The number of benzene rings is 2. The third-order valence-corrected chi connectivity index (χ3v) is 6.80. The van der Waals surface area contributed by atoms with Crippen molar-refractivity contribution >= 4 is 29.2 Å². The molecule has 2 heterocycles. The number of aryl methyl sites for hydroxylation is 1. The minimum absolute atomic E-state index is 0.0462. The summed E-state index contributed by atoms with van der Waals surface area (Å²) in [6.07, 6.45) is 1.13. The number of halogens is 4. The van der Waals surface area contributed by atoms with Gasteiger partial charge in [0.2, 0.25) is 0 Å². The monoisotopic (exact) mass is 602 g/mol. The number of nitrogens with one attached hydrogen (secondary N) is 2. The van der Waals surface area contributed by atoms with Gasteiger partial charge < -0.3 is 20.1 Å². The molecule has 2 amide bonds. The lowest BCUT2D eigenvalue weighted by molar-refractivity contribution is 0.0920. The van der Waals surface area contributed by atoms with E-state index in [1.165, 1.54) is 22.7 Å². The van der Waals surface area contributed by atoms with Crippen molar-refractivity contribution in [1.82, 2.24) is 20.0 Å². The number of alkyl carbamates (subject to hydrolysis) is 1. The van der Waals surface area contributed by atoms with Crippen LogP contribution >= 0.6 is 11.6 Å². The van der Waals surface area contributed by atoms with Gasteiger partial charge in [-0.25, -0.2) is 18.6 Å². The van der Waals surface area contributed by atoms with Crippen LogP contribution in [-0.2, 0) is 18.0 Å². The van der Waals surface area contributed by atoms with Gasteiger partial charge in [-0.2, -0.15) is 0 Å². The molecule has 8 nitrogen and oxygen atoms in total. The highest BCUT2D eigenvalue weighted by molar-refractivity contribution is 6.30. The van der Waals surface area contributed by atoms with Crippen molar-refractivity contribution in [3.63, 3.8) is 0 Å². The van der Waals surface area contributed by atoms with Gasteiger partial charge in [-0.15, -0.1) is 0 Å². The van der Waals surface area contributed by atoms with Crippen LogP contribution < -0.4 is 15.4 Å². The Morgan fingerprint density at radius 1 is 1.07 bits per heavy atom. The van der Waals surface area contributed by atoms with E-state index in [9.17, 15) is 22.8 Å². The topological polar surface area (TPSA) is 94.0 Å². The SMILES string of the molecule is Cc1nc2c(OCc3c(F)cccc3F)cc(Cl)cn2c1C(=O)NCC(C)(CCCF)NC(=O)OCc1ccccc1. The number of fused-ring (bicyclic) bond motifs is 1. The molecule has 0 aliphatic carbocycles. The number of aromatic nitrogens is 2. The number of rotatable bonds is 12. The van der Waals surface area contributed by atoms with Gasteiger partial charge in [-0.3, -0.25) is 13.6 Å². The minimum Gasteiger partial charge on any atom is -0.485 e. The minimum atomic E-state index is -1.03. The van der Waals surface area contributed by atoms with Crippen LogP contribution in [0.15, 0.2) is 60.8 Å². The molecule has 0 bridgehead atoms. The van der Waals surface area contributed by atoms with Crippen LogP contribution in [0.4, 0.5) is 18.0 Å². The number of carbonyl (C=O) groups excluding carboxylic acids is 2. The molecular formula is C30H30ClF3N4O4. The van der Waals surface area contributed by atoms with E-state index in [-0.39, 0.29) is 53.7 Å². The lowest BCUT2D eigenvalue weighted by Crippen LogP contribution is -2.53. The lowest BCUT2D eigenvalue weighted by Gasteiger charge is -2.30. The summed E-state index contributed by atoms with van der Waals surface area (Å²) in [5.41, 5.74) is 0.183. The predicted octanol–water partition coefficient (Wildman–Crippen LogP) is 6.32. The summed E-state index contributed by atoms with van der Waals surface area (Å²) in [4.78, 5) is 30.3. The highest BCUT2D eigenvalue weighted by atomic mass is 35.5. The molecule has 0 saturated carbocycles. The number of carbonyl (C=O) groups is 2. The maximum atomic E-state index is 14.1. The van der Waals surface area contributed by atoms with E-state index < -0.39 is 42.5 Å². The molecule has 12 heteroatoms. The Balaban J connectivity index is 1.49. The van der Waals surface area contributed by atoms with Crippen molar-refractivity contribution in [2.75, 3.05) is 13.2 Å². The summed E-state index contributed by atoms with van der Waals surface area (Å²) < 4.78 is 53.7. The number of pyridine rings is 1. The fourth-order valence-corrected chi connectivity index (χ4v) is 4.61. The van der Waals surface area contributed by atoms with Gasteiger partial charge in [0.15, 0.2) is 11.4 Å². The second-order valence-electron chi connectivity index (χ2n) is 9.97. The van der Waals surface area contributed by atoms with E-state index in [0.29, 0.717) is 5.69 Å². The smallest absolute Gasteiger partial charge is 0.407 e. The summed E-state index contributed by atoms with van der Waals surface area (Å²) in [7, 11) is 0. The van der Waals surface area contributed by atoms with Gasteiger partial charge in [-0.1, -0.05) is 48.0 Å². The van der Waals surface area contributed by atoms with Crippen molar-refractivity contribution in [2.24, 2.45) is 0 Å². The molecule has 0 aliphatic rings. The maximum Gasteiger partial charge on any atom is 0.407 e. The first-order chi connectivity index (χ1) is 20.1. The molecule has 0 spiro atoms. The van der Waals surface area contributed by atoms with E-state index in [0.717, 1.165) is 17.7 Å². The van der Waals surface area contributed by atoms with Gasteiger partial charge in [0.25, 0.3) is 5.91 Å². The quantitative estimate of drug-likeness (QED) is 0.198. The zero-order valence-electron chi connectivity index (χ0n) is 23.1. The largest absolute Gasteiger partial charge is 0.485 e. The van der Waals surface area contributed by atoms with Crippen LogP contribution in [0.1, 0.15) is 47.1 Å². The molecular weight excluding hydrogens is 573 g/mol. The second kappa shape index (κ2) is 13.6. The molecule has 1 unspecified atom stereocenters. The van der Waals surface area contributed by atoms with Gasteiger partial charge in [0.1, 0.15) is 30.5 Å². The summed E-state index contributed by atoms with van der Waals surface area (Å²) in [5, 5.41) is 5.71. The molecule has 2 aromatic carbocycles. The fraction of sp³-hybridized carbons (Fsp3) is 0.300. The van der Waals surface area contributed by atoms with Crippen LogP contribution in [0.2, 0.25) is 5.02 Å². The van der Waals surface area contributed by atoms with E-state index in [4.69, 9.17) is 21.1 Å². The molecule has 1 atom stereocenters. The first-order valence-corrected chi connectivity index (χ1v) is 13.5. The van der Waals surface area contributed by atoms with Crippen molar-refractivity contribution in [2.45, 2.75) is 45.4 Å². The van der Waals surface area contributed by atoms with Crippen LogP contribution in [-0.4, -0.2) is 40.1 Å². The van der Waals surface area contributed by atoms with Crippen molar-refractivity contribution in [3.8, 4) is 5.75 Å². The summed E-state index contributed by atoms with van der Waals surface area (Å²) in [6, 6.07) is 14.1. The number of alkyl halides is 1. The van der Waals surface area contributed by atoms with Gasteiger partial charge in [-0.05, 0) is 44.4 Å². The fourth-order valence-electron chi connectivity index (χ4n) is 4.41. The summed E-state index contributed by atoms with van der Waals surface area (Å²) in [6.45, 7) is 2.26. The average Bonchev–Trinajstić information content (AvgIpc) is 3.29. The number of amides is 2. The summed E-state index contributed by atoms with van der Waals surface area (Å²) in [5.74, 6) is -1.95. The Labute approximate surface area is 245 Å². The molecule has 2 N–H and O–H groups in total. The average molecular weight is 603 g/mol. The van der Waals surface area contributed by atoms with E-state index in [1.807, 2.05) is 30.3 Å². The number of ether oxygens (including phenoxy) is 2. The highest BCUT2D eigenvalue weighted by Gasteiger charge is 2.29. The van der Waals surface area contributed by atoms with Gasteiger partial charge >= 0.3 is 6.09 Å². The maximum absolute atomic E-state index is 14.1. The third-order valence-electron chi connectivity index (χ3n) is 6.59.